The van der Waals surface area contributed by atoms with E-state index in [0.29, 0.717) is 21.6 Å². The smallest absolute Gasteiger partial charge is 0.258 e. The summed E-state index contributed by atoms with van der Waals surface area (Å²) in [5, 5.41) is 4.67. The van der Waals surface area contributed by atoms with Crippen LogP contribution in [0, 0.1) is 6.92 Å². The molecule has 3 aromatic rings. The van der Waals surface area contributed by atoms with Gasteiger partial charge in [-0.3, -0.25) is 9.78 Å². The van der Waals surface area contributed by atoms with Crippen LogP contribution in [0.1, 0.15) is 15.9 Å². The van der Waals surface area contributed by atoms with E-state index in [1.54, 1.807) is 36.5 Å². The van der Waals surface area contributed by atoms with Crippen LogP contribution in [0.2, 0.25) is 20.1 Å². The second-order valence-corrected chi connectivity index (χ2v) is 6.80. The Hall–Kier alpha value is -1.52. The van der Waals surface area contributed by atoms with Crippen molar-refractivity contribution in [2.24, 2.45) is 0 Å². The van der Waals surface area contributed by atoms with E-state index < -0.39 is 5.91 Å². The maximum atomic E-state index is 12.6. The molecular weight excluding hydrogens is 390 g/mol. The van der Waals surface area contributed by atoms with Crippen molar-refractivity contribution in [1.82, 2.24) is 4.98 Å². The first-order valence-electron chi connectivity index (χ1n) is 6.88. The van der Waals surface area contributed by atoms with Gasteiger partial charge < -0.3 is 5.32 Å². The zero-order valence-electron chi connectivity index (χ0n) is 12.3. The predicted octanol–water partition coefficient (Wildman–Crippen LogP) is 6.41. The predicted molar refractivity (Wildman–Crippen MR) is 101 cm³/mol. The largest absolute Gasteiger partial charge is 0.319 e. The van der Waals surface area contributed by atoms with E-state index >= 15 is 0 Å². The summed E-state index contributed by atoms with van der Waals surface area (Å²) in [6, 6.07) is 8.44. The summed E-state index contributed by atoms with van der Waals surface area (Å²) in [4.78, 5) is 16.9. The maximum Gasteiger partial charge on any atom is 0.258 e. The van der Waals surface area contributed by atoms with Gasteiger partial charge in [0.05, 0.1) is 36.9 Å². The number of carbonyl (C=O) groups excluding carboxylic acids is 1. The number of anilines is 1. The SMILES string of the molecule is Cc1cc(Cl)c(C(=O)Nc2c(Cl)cc(Cl)c3cccnc23)c(Cl)c1. The molecule has 122 valence electrons. The van der Waals surface area contributed by atoms with E-state index in [2.05, 4.69) is 10.3 Å². The average molecular weight is 400 g/mol. The molecule has 0 atom stereocenters. The summed E-state index contributed by atoms with van der Waals surface area (Å²) in [5.74, 6) is -0.471. The van der Waals surface area contributed by atoms with Crippen molar-refractivity contribution < 1.29 is 4.79 Å². The molecule has 0 fully saturated rings. The Labute approximate surface area is 158 Å². The summed E-state index contributed by atoms with van der Waals surface area (Å²) in [6.07, 6.45) is 1.59. The monoisotopic (exact) mass is 398 g/mol. The lowest BCUT2D eigenvalue weighted by Crippen LogP contribution is -2.14. The number of rotatable bonds is 2. The molecule has 1 N–H and O–H groups in total. The fourth-order valence-corrected chi connectivity index (χ4v) is 3.71. The molecule has 7 heteroatoms. The molecule has 0 aliphatic carbocycles. The number of nitrogens with one attached hydrogen (secondary N) is 1. The van der Waals surface area contributed by atoms with Crippen molar-refractivity contribution in [3.05, 3.63) is 67.7 Å². The molecule has 0 saturated carbocycles. The Bertz CT molecular complexity index is 949. The van der Waals surface area contributed by atoms with Gasteiger partial charge in [-0.15, -0.1) is 0 Å². The number of aromatic nitrogens is 1. The van der Waals surface area contributed by atoms with E-state index in [1.807, 2.05) is 6.92 Å². The summed E-state index contributed by atoms with van der Waals surface area (Å²) >= 11 is 24.7. The molecule has 0 bridgehead atoms. The Morgan fingerprint density at radius 3 is 2.33 bits per heavy atom. The fourth-order valence-electron chi connectivity index (χ4n) is 2.38. The quantitative estimate of drug-likeness (QED) is 0.540. The molecule has 3 rings (SSSR count). The van der Waals surface area contributed by atoms with Gasteiger partial charge in [-0.1, -0.05) is 46.4 Å². The minimum atomic E-state index is -0.471. The average Bonchev–Trinajstić information content (AvgIpc) is 2.50. The van der Waals surface area contributed by atoms with Gasteiger partial charge in [0.25, 0.3) is 5.91 Å². The van der Waals surface area contributed by atoms with Crippen LogP contribution in [0.3, 0.4) is 0 Å². The summed E-state index contributed by atoms with van der Waals surface area (Å²) in [7, 11) is 0. The molecule has 0 radical (unpaired) electrons. The second kappa shape index (κ2) is 6.77. The number of carbonyl (C=O) groups is 1. The Balaban J connectivity index is 2.10. The van der Waals surface area contributed by atoms with E-state index in [9.17, 15) is 4.79 Å². The van der Waals surface area contributed by atoms with Gasteiger partial charge in [0.1, 0.15) is 0 Å². The van der Waals surface area contributed by atoms with Crippen LogP contribution in [0.25, 0.3) is 10.9 Å². The third kappa shape index (κ3) is 3.17. The summed E-state index contributed by atoms with van der Waals surface area (Å²) in [5.41, 5.74) is 1.88. The number of hydrogen-bond donors (Lipinski definition) is 1. The standard InChI is InChI=1S/C17H10Cl4N2O/c1-8-5-11(19)14(12(20)6-8)17(24)23-16-13(21)7-10(18)9-3-2-4-22-15(9)16/h2-7H,1H3,(H,23,24). The highest BCUT2D eigenvalue weighted by Gasteiger charge is 2.19. The molecule has 1 heterocycles. The molecule has 1 amide bonds. The van der Waals surface area contributed by atoms with Gasteiger partial charge >= 0.3 is 0 Å². The Kier molecular flexibility index (Phi) is 4.88. The van der Waals surface area contributed by atoms with Crippen molar-refractivity contribution >= 4 is 68.9 Å². The minimum Gasteiger partial charge on any atom is -0.319 e. The summed E-state index contributed by atoms with van der Waals surface area (Å²) in [6.45, 7) is 1.84. The normalized spacial score (nSPS) is 10.9. The molecule has 2 aromatic carbocycles. The van der Waals surface area contributed by atoms with Gasteiger partial charge in [0, 0.05) is 11.6 Å². The van der Waals surface area contributed by atoms with Gasteiger partial charge in [0.2, 0.25) is 0 Å². The van der Waals surface area contributed by atoms with Crippen LogP contribution >= 0.6 is 46.4 Å². The number of hydrogen-bond acceptors (Lipinski definition) is 2. The first kappa shape index (κ1) is 17.3. The number of benzene rings is 2. The number of pyridine rings is 1. The number of nitrogens with zero attached hydrogens (tertiary/aromatic N) is 1. The van der Waals surface area contributed by atoms with Crippen LogP contribution in [0.15, 0.2) is 36.5 Å². The lowest BCUT2D eigenvalue weighted by atomic mass is 10.1. The van der Waals surface area contributed by atoms with Crippen molar-refractivity contribution in [2.45, 2.75) is 6.92 Å². The van der Waals surface area contributed by atoms with Crippen LogP contribution < -0.4 is 5.32 Å². The van der Waals surface area contributed by atoms with Crippen molar-refractivity contribution in [3.63, 3.8) is 0 Å². The van der Waals surface area contributed by atoms with Gasteiger partial charge in [-0.25, -0.2) is 0 Å². The highest BCUT2D eigenvalue weighted by Crippen LogP contribution is 2.36. The Morgan fingerprint density at radius 1 is 1.00 bits per heavy atom. The van der Waals surface area contributed by atoms with Crippen LogP contribution in [0.5, 0.6) is 0 Å². The summed E-state index contributed by atoms with van der Waals surface area (Å²) < 4.78 is 0. The molecule has 3 nitrogen and oxygen atoms in total. The molecule has 0 aliphatic rings. The molecular formula is C17H10Cl4N2O. The molecule has 1 aromatic heterocycles. The molecule has 0 unspecified atom stereocenters. The molecule has 0 spiro atoms. The third-order valence-corrected chi connectivity index (χ3v) is 4.65. The maximum absolute atomic E-state index is 12.6. The topological polar surface area (TPSA) is 42.0 Å². The molecule has 0 aliphatic heterocycles. The van der Waals surface area contributed by atoms with Crippen LogP contribution in [-0.4, -0.2) is 10.9 Å². The second-order valence-electron chi connectivity index (χ2n) is 5.17. The van der Waals surface area contributed by atoms with Crippen LogP contribution in [-0.2, 0) is 0 Å². The number of fused-ring (bicyclic) bond motifs is 1. The van der Waals surface area contributed by atoms with Crippen molar-refractivity contribution in [3.8, 4) is 0 Å². The van der Waals surface area contributed by atoms with E-state index in [4.69, 9.17) is 46.4 Å². The first-order chi connectivity index (χ1) is 11.4. The zero-order valence-corrected chi connectivity index (χ0v) is 15.4. The minimum absolute atomic E-state index is 0.180. The number of halogens is 4. The zero-order chi connectivity index (χ0) is 17.4. The van der Waals surface area contributed by atoms with Gasteiger partial charge in [-0.05, 0) is 42.8 Å². The van der Waals surface area contributed by atoms with E-state index in [0.717, 1.165) is 5.56 Å². The van der Waals surface area contributed by atoms with E-state index in [1.165, 1.54) is 0 Å². The third-order valence-electron chi connectivity index (χ3n) is 3.45. The van der Waals surface area contributed by atoms with Crippen molar-refractivity contribution in [1.29, 1.82) is 0 Å². The van der Waals surface area contributed by atoms with Gasteiger partial charge in [0.15, 0.2) is 0 Å². The number of amides is 1. The van der Waals surface area contributed by atoms with E-state index in [-0.39, 0.29) is 20.6 Å². The first-order valence-corrected chi connectivity index (χ1v) is 8.39. The Morgan fingerprint density at radius 2 is 1.67 bits per heavy atom. The molecule has 0 saturated heterocycles. The molecule has 24 heavy (non-hydrogen) atoms. The number of aryl methyl sites for hydroxylation is 1. The highest BCUT2D eigenvalue weighted by atomic mass is 35.5. The highest BCUT2D eigenvalue weighted by molar-refractivity contribution is 6.43. The van der Waals surface area contributed by atoms with Gasteiger partial charge in [-0.2, -0.15) is 0 Å². The fraction of sp³-hybridized carbons (Fsp3) is 0.0588. The lowest BCUT2D eigenvalue weighted by molar-refractivity contribution is 0.102. The lowest BCUT2D eigenvalue weighted by Gasteiger charge is -2.13. The van der Waals surface area contributed by atoms with Crippen LogP contribution in [0.4, 0.5) is 5.69 Å². The van der Waals surface area contributed by atoms with Crippen molar-refractivity contribution in [2.75, 3.05) is 5.32 Å².